The van der Waals surface area contributed by atoms with Crippen molar-refractivity contribution in [2.75, 3.05) is 0 Å². The Kier molecular flexibility index (Phi) is 6.40. The normalized spacial score (nSPS) is 9.22. The molecule has 0 bridgehead atoms. The predicted molar refractivity (Wildman–Crippen MR) is 76.6 cm³/mol. The summed E-state index contributed by atoms with van der Waals surface area (Å²) < 4.78 is 0. The molecule has 1 aromatic carbocycles. The molecule has 2 rings (SSSR count). The molecule has 0 aliphatic heterocycles. The first kappa shape index (κ1) is 14.1. The van der Waals surface area contributed by atoms with E-state index < -0.39 is 0 Å². The van der Waals surface area contributed by atoms with Crippen LogP contribution in [-0.2, 0) is 13.1 Å². The van der Waals surface area contributed by atoms with Crippen molar-refractivity contribution in [2.24, 2.45) is 11.5 Å². The second-order valence-electron chi connectivity index (χ2n) is 3.68. The number of rotatable bonds is 3. The second kappa shape index (κ2) is 8.17. The zero-order valence-electron chi connectivity index (χ0n) is 10.4. The Labute approximate surface area is 108 Å². The first-order valence-corrected chi connectivity index (χ1v) is 5.81. The fourth-order valence-corrected chi connectivity index (χ4v) is 1.31. The number of nitrogens with zero attached hydrogens (tertiary/aromatic N) is 1. The van der Waals surface area contributed by atoms with Crippen LogP contribution in [0.1, 0.15) is 16.8 Å². The van der Waals surface area contributed by atoms with E-state index in [1.807, 2.05) is 48.5 Å². The monoisotopic (exact) mass is 241 g/mol. The minimum atomic E-state index is 0.529. The highest BCUT2D eigenvalue weighted by atomic mass is 14.7. The third kappa shape index (κ3) is 4.91. The van der Waals surface area contributed by atoms with Crippen LogP contribution in [0.4, 0.5) is 0 Å². The first-order chi connectivity index (χ1) is 8.80. The quantitative estimate of drug-likeness (QED) is 0.866. The lowest BCUT2D eigenvalue weighted by molar-refractivity contribution is 0.991. The van der Waals surface area contributed by atoms with Gasteiger partial charge in [0.1, 0.15) is 0 Å². The van der Waals surface area contributed by atoms with E-state index in [0.717, 1.165) is 16.8 Å². The van der Waals surface area contributed by atoms with Gasteiger partial charge in [-0.05, 0) is 23.3 Å². The lowest BCUT2D eigenvalue weighted by Crippen LogP contribution is -1.97. The Morgan fingerprint density at radius 3 is 2.11 bits per heavy atom. The van der Waals surface area contributed by atoms with Gasteiger partial charge in [0.2, 0.25) is 0 Å². The number of nitrogens with two attached hydrogens (primary N) is 2. The topological polar surface area (TPSA) is 64.9 Å². The summed E-state index contributed by atoms with van der Waals surface area (Å²) in [4.78, 5) is 3.97. The van der Waals surface area contributed by atoms with Crippen molar-refractivity contribution in [3.63, 3.8) is 0 Å². The van der Waals surface area contributed by atoms with Crippen LogP contribution in [-0.4, -0.2) is 4.98 Å². The fraction of sp³-hybridized carbons (Fsp3) is 0.133. The number of hydrogen-bond acceptors (Lipinski definition) is 3. The molecule has 0 amide bonds. The summed E-state index contributed by atoms with van der Waals surface area (Å²) in [5.74, 6) is 0. The molecule has 18 heavy (non-hydrogen) atoms. The highest BCUT2D eigenvalue weighted by molar-refractivity contribution is 5.47. The van der Waals surface area contributed by atoms with Crippen LogP contribution in [0.5, 0.6) is 0 Å². The van der Waals surface area contributed by atoms with Crippen molar-refractivity contribution in [2.45, 2.75) is 13.1 Å². The van der Waals surface area contributed by atoms with E-state index >= 15 is 0 Å². The third-order valence-electron chi connectivity index (χ3n) is 2.39. The Bertz CT molecular complexity index is 449. The van der Waals surface area contributed by atoms with Crippen LogP contribution in [0.3, 0.4) is 0 Å². The molecule has 0 spiro atoms. The molecular weight excluding hydrogens is 222 g/mol. The third-order valence-corrected chi connectivity index (χ3v) is 2.39. The van der Waals surface area contributed by atoms with Crippen LogP contribution < -0.4 is 11.5 Å². The molecule has 0 saturated heterocycles. The minimum Gasteiger partial charge on any atom is -0.326 e. The van der Waals surface area contributed by atoms with Gasteiger partial charge in [0.15, 0.2) is 0 Å². The van der Waals surface area contributed by atoms with Crippen molar-refractivity contribution in [1.29, 1.82) is 0 Å². The molecule has 3 nitrogen and oxygen atoms in total. The van der Waals surface area contributed by atoms with Crippen LogP contribution in [0.15, 0.2) is 55.2 Å². The largest absolute Gasteiger partial charge is 0.326 e. The van der Waals surface area contributed by atoms with E-state index in [-0.39, 0.29) is 0 Å². The molecule has 0 aliphatic carbocycles. The van der Waals surface area contributed by atoms with Crippen molar-refractivity contribution in [1.82, 2.24) is 4.98 Å². The van der Waals surface area contributed by atoms with Gasteiger partial charge in [-0.1, -0.05) is 43.0 Å². The average Bonchev–Trinajstić information content (AvgIpc) is 2.49. The van der Waals surface area contributed by atoms with E-state index in [0.29, 0.717) is 13.1 Å². The summed E-state index contributed by atoms with van der Waals surface area (Å²) in [6.07, 6.45) is 3.56. The highest BCUT2D eigenvalue weighted by Gasteiger charge is 1.86. The standard InChI is InChI=1S/C9H11N.C6H8N2/c1-2-8-3-5-9(7-10)6-4-8;7-5-6-3-1-2-4-8-6/h2-6H,1,7,10H2;1-4H,5,7H2. The van der Waals surface area contributed by atoms with Gasteiger partial charge in [-0.2, -0.15) is 0 Å². The van der Waals surface area contributed by atoms with Crippen LogP contribution in [0, 0.1) is 0 Å². The predicted octanol–water partition coefficient (Wildman–Crippen LogP) is 2.33. The van der Waals surface area contributed by atoms with Crippen molar-refractivity contribution >= 4 is 6.08 Å². The molecule has 4 N–H and O–H groups in total. The van der Waals surface area contributed by atoms with Crippen molar-refractivity contribution in [3.05, 3.63) is 72.1 Å². The SMILES string of the molecule is C=Cc1ccc(CN)cc1.NCc1ccccn1. The van der Waals surface area contributed by atoms with E-state index in [2.05, 4.69) is 11.6 Å². The van der Waals surface area contributed by atoms with Gasteiger partial charge in [0, 0.05) is 19.3 Å². The molecule has 0 fully saturated rings. The molecule has 0 atom stereocenters. The Balaban J connectivity index is 0.000000184. The summed E-state index contributed by atoms with van der Waals surface area (Å²) in [5, 5.41) is 0. The van der Waals surface area contributed by atoms with Gasteiger partial charge in [0.25, 0.3) is 0 Å². The van der Waals surface area contributed by atoms with Gasteiger partial charge < -0.3 is 11.5 Å². The zero-order chi connectivity index (χ0) is 13.2. The molecule has 3 heteroatoms. The van der Waals surface area contributed by atoms with Crippen LogP contribution in [0.2, 0.25) is 0 Å². The van der Waals surface area contributed by atoms with Crippen LogP contribution in [0.25, 0.3) is 6.08 Å². The molecule has 1 aromatic heterocycles. The molecular formula is C15H19N3. The molecule has 0 aliphatic rings. The molecule has 0 unspecified atom stereocenters. The second-order valence-corrected chi connectivity index (χ2v) is 3.68. The highest BCUT2D eigenvalue weighted by Crippen LogP contribution is 2.03. The zero-order valence-corrected chi connectivity index (χ0v) is 10.4. The summed E-state index contributed by atoms with van der Waals surface area (Å²) >= 11 is 0. The molecule has 2 aromatic rings. The van der Waals surface area contributed by atoms with Gasteiger partial charge in [0.05, 0.1) is 5.69 Å². The minimum absolute atomic E-state index is 0.529. The van der Waals surface area contributed by atoms with E-state index in [1.54, 1.807) is 6.20 Å². The molecule has 1 heterocycles. The van der Waals surface area contributed by atoms with E-state index in [9.17, 15) is 0 Å². The van der Waals surface area contributed by atoms with Crippen molar-refractivity contribution < 1.29 is 0 Å². The summed E-state index contributed by atoms with van der Waals surface area (Å²) in [6, 6.07) is 13.7. The van der Waals surface area contributed by atoms with E-state index in [1.165, 1.54) is 0 Å². The Morgan fingerprint density at radius 2 is 1.72 bits per heavy atom. The molecule has 94 valence electrons. The smallest absolute Gasteiger partial charge is 0.0539 e. The van der Waals surface area contributed by atoms with Gasteiger partial charge >= 0.3 is 0 Å². The Hall–Kier alpha value is -1.97. The maximum atomic E-state index is 5.42. The van der Waals surface area contributed by atoms with Gasteiger partial charge in [-0.25, -0.2) is 0 Å². The van der Waals surface area contributed by atoms with E-state index in [4.69, 9.17) is 11.5 Å². The van der Waals surface area contributed by atoms with Gasteiger partial charge in [-0.15, -0.1) is 0 Å². The first-order valence-electron chi connectivity index (χ1n) is 5.81. The van der Waals surface area contributed by atoms with Crippen LogP contribution >= 0.6 is 0 Å². The maximum absolute atomic E-state index is 5.42. The molecule has 0 saturated carbocycles. The lowest BCUT2D eigenvalue weighted by Gasteiger charge is -1.95. The number of hydrogen-bond donors (Lipinski definition) is 2. The number of aromatic nitrogens is 1. The summed E-state index contributed by atoms with van der Waals surface area (Å²) in [6.45, 7) is 4.79. The fourth-order valence-electron chi connectivity index (χ4n) is 1.31. The summed E-state index contributed by atoms with van der Waals surface area (Å²) in [7, 11) is 0. The number of pyridine rings is 1. The molecule has 0 radical (unpaired) electrons. The maximum Gasteiger partial charge on any atom is 0.0539 e. The Morgan fingerprint density at radius 1 is 1.00 bits per heavy atom. The summed E-state index contributed by atoms with van der Waals surface area (Å²) in [5.41, 5.74) is 13.9. The van der Waals surface area contributed by atoms with Gasteiger partial charge in [-0.3, -0.25) is 4.98 Å². The lowest BCUT2D eigenvalue weighted by atomic mass is 10.1. The average molecular weight is 241 g/mol. The van der Waals surface area contributed by atoms with Crippen molar-refractivity contribution in [3.8, 4) is 0 Å². The number of benzene rings is 1.